The third kappa shape index (κ3) is 6.98. The molecule has 0 amide bonds. The summed E-state index contributed by atoms with van der Waals surface area (Å²) in [6.45, 7) is 4.82. The van der Waals surface area contributed by atoms with E-state index < -0.39 is 0 Å². The zero-order valence-electron chi connectivity index (χ0n) is 11.1. The Hall–Kier alpha value is -1.05. The molecule has 0 spiro atoms. The van der Waals surface area contributed by atoms with Crippen LogP contribution in [0.4, 0.5) is 0 Å². The second-order valence-corrected chi connectivity index (χ2v) is 4.95. The molecule has 0 aromatic carbocycles. The lowest BCUT2D eigenvalue weighted by Gasteiger charge is -2.08. The van der Waals surface area contributed by atoms with Crippen molar-refractivity contribution in [1.29, 1.82) is 0 Å². The second kappa shape index (κ2) is 8.10. The number of cyclic esters (lactones) is 1. The van der Waals surface area contributed by atoms with Crippen molar-refractivity contribution in [1.82, 2.24) is 0 Å². The van der Waals surface area contributed by atoms with Gasteiger partial charge >= 0.3 is 5.97 Å². The summed E-state index contributed by atoms with van der Waals surface area (Å²) in [6, 6.07) is 0. The molecule has 1 atom stereocenters. The minimum absolute atomic E-state index is 0.183. The molecule has 0 aliphatic carbocycles. The van der Waals surface area contributed by atoms with Crippen LogP contribution < -0.4 is 0 Å². The van der Waals surface area contributed by atoms with E-state index in [4.69, 9.17) is 4.74 Å². The minimum atomic E-state index is -0.183. The van der Waals surface area contributed by atoms with E-state index in [1.54, 1.807) is 6.08 Å². The van der Waals surface area contributed by atoms with Crippen molar-refractivity contribution in [2.45, 2.75) is 52.4 Å². The normalized spacial score (nSPS) is 29.6. The molecule has 0 saturated carbocycles. The summed E-state index contributed by atoms with van der Waals surface area (Å²) in [4.78, 5) is 11.4. The van der Waals surface area contributed by atoms with Gasteiger partial charge in [0.2, 0.25) is 0 Å². The lowest BCUT2D eigenvalue weighted by atomic mass is 10.0. The van der Waals surface area contributed by atoms with Crippen molar-refractivity contribution in [3.63, 3.8) is 0 Å². The van der Waals surface area contributed by atoms with E-state index in [0.29, 0.717) is 12.5 Å². The summed E-state index contributed by atoms with van der Waals surface area (Å²) in [5, 5.41) is 0. The quantitative estimate of drug-likeness (QED) is 0.469. The number of carbonyl (C=O) groups excluding carboxylic acids is 1. The van der Waals surface area contributed by atoms with Gasteiger partial charge in [0.15, 0.2) is 0 Å². The maximum Gasteiger partial charge on any atom is 0.330 e. The van der Waals surface area contributed by atoms with Gasteiger partial charge in [0.1, 0.15) is 0 Å². The Bertz CT molecular complexity index is 289. The van der Waals surface area contributed by atoms with Crippen molar-refractivity contribution < 1.29 is 9.53 Å². The molecular weight excluding hydrogens is 212 g/mol. The smallest absolute Gasteiger partial charge is 0.330 e. The highest BCUT2D eigenvalue weighted by Crippen LogP contribution is 2.13. The highest BCUT2D eigenvalue weighted by molar-refractivity contribution is 5.82. The first-order valence-corrected chi connectivity index (χ1v) is 6.69. The molecule has 0 aromatic heterocycles. The number of ether oxygens (including phenoxy) is 1. The molecule has 1 unspecified atom stereocenters. The van der Waals surface area contributed by atoms with Crippen LogP contribution in [-0.4, -0.2) is 12.6 Å². The van der Waals surface area contributed by atoms with Gasteiger partial charge in [0.25, 0.3) is 0 Å². The van der Waals surface area contributed by atoms with Crippen molar-refractivity contribution in [3.8, 4) is 0 Å². The molecule has 0 radical (unpaired) electrons. The Morgan fingerprint density at radius 1 is 1.29 bits per heavy atom. The molecule has 0 N–H and O–H groups in total. The molecule has 0 saturated heterocycles. The molecule has 1 rings (SSSR count). The number of carbonyl (C=O) groups is 1. The van der Waals surface area contributed by atoms with Crippen LogP contribution in [0.5, 0.6) is 0 Å². The van der Waals surface area contributed by atoms with Crippen molar-refractivity contribution in [3.05, 3.63) is 23.8 Å². The van der Waals surface area contributed by atoms with Crippen molar-refractivity contribution >= 4 is 5.97 Å². The van der Waals surface area contributed by atoms with Crippen molar-refractivity contribution in [2.75, 3.05) is 6.61 Å². The number of esters is 1. The monoisotopic (exact) mass is 236 g/mol. The second-order valence-electron chi connectivity index (χ2n) is 4.95. The van der Waals surface area contributed by atoms with Crippen LogP contribution in [0.15, 0.2) is 23.8 Å². The molecule has 0 fully saturated rings. The molecule has 2 nitrogen and oxygen atoms in total. The molecule has 1 heterocycles. The first kappa shape index (κ1) is 14.0. The maximum absolute atomic E-state index is 11.4. The van der Waals surface area contributed by atoms with E-state index in [-0.39, 0.29) is 5.97 Å². The lowest BCUT2D eigenvalue weighted by molar-refractivity contribution is -0.137. The first-order chi connectivity index (χ1) is 8.18. The highest BCUT2D eigenvalue weighted by atomic mass is 16.5. The Balaban J connectivity index is 2.50. The largest absolute Gasteiger partial charge is 0.463 e. The number of hydrogen-bond acceptors (Lipinski definition) is 2. The summed E-state index contributed by atoms with van der Waals surface area (Å²) >= 11 is 0. The van der Waals surface area contributed by atoms with Crippen LogP contribution in [0.25, 0.3) is 0 Å². The van der Waals surface area contributed by atoms with Gasteiger partial charge < -0.3 is 4.74 Å². The fraction of sp³-hybridized carbons (Fsp3) is 0.667. The van der Waals surface area contributed by atoms with Crippen LogP contribution in [0.1, 0.15) is 52.4 Å². The van der Waals surface area contributed by atoms with E-state index in [9.17, 15) is 4.79 Å². The zero-order chi connectivity index (χ0) is 12.5. The van der Waals surface area contributed by atoms with Gasteiger partial charge in [-0.3, -0.25) is 0 Å². The van der Waals surface area contributed by atoms with Crippen LogP contribution >= 0.6 is 0 Å². The van der Waals surface area contributed by atoms with Gasteiger partial charge in [-0.25, -0.2) is 4.79 Å². The number of rotatable bonds is 0. The summed E-state index contributed by atoms with van der Waals surface area (Å²) in [7, 11) is 0. The number of allylic oxidation sites excluding steroid dienone is 3. The van der Waals surface area contributed by atoms with Gasteiger partial charge in [-0.05, 0) is 38.5 Å². The Labute approximate surface area is 105 Å². The van der Waals surface area contributed by atoms with Gasteiger partial charge in [-0.2, -0.15) is 0 Å². The van der Waals surface area contributed by atoms with E-state index in [0.717, 1.165) is 31.3 Å². The highest BCUT2D eigenvalue weighted by Gasteiger charge is 2.02. The fourth-order valence-corrected chi connectivity index (χ4v) is 1.97. The van der Waals surface area contributed by atoms with Crippen LogP contribution in [0.2, 0.25) is 0 Å². The molecular formula is C15H24O2. The Morgan fingerprint density at radius 2 is 2.12 bits per heavy atom. The van der Waals surface area contributed by atoms with E-state index in [2.05, 4.69) is 19.1 Å². The number of hydrogen-bond donors (Lipinski definition) is 0. The molecule has 0 aromatic rings. The molecule has 1 aliphatic rings. The molecule has 96 valence electrons. The predicted octanol–water partition coefficient (Wildman–Crippen LogP) is 4.02. The first-order valence-electron chi connectivity index (χ1n) is 6.69. The fourth-order valence-electron chi connectivity index (χ4n) is 1.97. The molecule has 17 heavy (non-hydrogen) atoms. The van der Waals surface area contributed by atoms with Crippen molar-refractivity contribution in [2.24, 2.45) is 5.92 Å². The SMILES string of the molecule is C/C1=C/C(=O)OCCCCCC(C)/C=C\CC1. The average molecular weight is 236 g/mol. The summed E-state index contributed by atoms with van der Waals surface area (Å²) < 4.78 is 5.15. The molecule has 1 aliphatic heterocycles. The lowest BCUT2D eigenvalue weighted by Crippen LogP contribution is -2.03. The molecule has 2 heteroatoms. The predicted molar refractivity (Wildman–Crippen MR) is 70.7 cm³/mol. The summed E-state index contributed by atoms with van der Waals surface area (Å²) in [6.07, 6.45) is 12.7. The summed E-state index contributed by atoms with van der Waals surface area (Å²) in [5.41, 5.74) is 1.10. The Kier molecular flexibility index (Phi) is 6.68. The van der Waals surface area contributed by atoms with Crippen LogP contribution in [0.3, 0.4) is 0 Å². The average Bonchev–Trinajstić information content (AvgIpc) is 2.28. The van der Waals surface area contributed by atoms with E-state index in [1.165, 1.54) is 12.8 Å². The van der Waals surface area contributed by atoms with Crippen LogP contribution in [-0.2, 0) is 9.53 Å². The Morgan fingerprint density at radius 3 is 2.94 bits per heavy atom. The third-order valence-corrected chi connectivity index (χ3v) is 3.08. The minimum Gasteiger partial charge on any atom is -0.463 e. The van der Waals surface area contributed by atoms with Gasteiger partial charge in [-0.15, -0.1) is 0 Å². The topological polar surface area (TPSA) is 26.3 Å². The van der Waals surface area contributed by atoms with E-state index >= 15 is 0 Å². The molecule has 0 bridgehead atoms. The standard InChI is InChI=1S/C15H24O2/c1-13-8-4-3-7-11-17-15(16)12-14(2)10-6-5-9-13/h5,9,12-13H,3-4,6-8,10-11H2,1-2H3/b9-5-,14-12-. The zero-order valence-corrected chi connectivity index (χ0v) is 11.1. The van der Waals surface area contributed by atoms with Gasteiger partial charge in [0.05, 0.1) is 6.61 Å². The van der Waals surface area contributed by atoms with Gasteiger partial charge in [-0.1, -0.05) is 37.5 Å². The summed E-state index contributed by atoms with van der Waals surface area (Å²) in [5.74, 6) is 0.488. The third-order valence-electron chi connectivity index (χ3n) is 3.08. The van der Waals surface area contributed by atoms with Gasteiger partial charge in [0, 0.05) is 6.08 Å². The van der Waals surface area contributed by atoms with Crippen LogP contribution in [0, 0.1) is 5.92 Å². The maximum atomic E-state index is 11.4. The van der Waals surface area contributed by atoms with E-state index in [1.807, 2.05) is 6.92 Å².